The summed E-state index contributed by atoms with van der Waals surface area (Å²) in [4.78, 5) is 7.28. The highest BCUT2D eigenvalue weighted by Gasteiger charge is 2.18. The molecule has 0 spiro atoms. The van der Waals surface area contributed by atoms with Crippen LogP contribution in [0, 0.1) is 0 Å². The summed E-state index contributed by atoms with van der Waals surface area (Å²) in [6.45, 7) is 6.63. The topological polar surface area (TPSA) is 28.2 Å². The lowest BCUT2D eigenvalue weighted by molar-refractivity contribution is 0.183. The van der Waals surface area contributed by atoms with E-state index in [9.17, 15) is 0 Å². The smallest absolute Gasteiger partial charge is 0.0706 e. The van der Waals surface area contributed by atoms with Gasteiger partial charge in [-0.2, -0.15) is 0 Å². The van der Waals surface area contributed by atoms with Crippen LogP contribution in [0.3, 0.4) is 0 Å². The number of para-hydroxylation sites is 1. The lowest BCUT2D eigenvalue weighted by Gasteiger charge is -2.32. The van der Waals surface area contributed by atoms with Crippen molar-refractivity contribution in [3.05, 3.63) is 42.1 Å². The Morgan fingerprint density at radius 3 is 2.72 bits per heavy atom. The fourth-order valence-electron chi connectivity index (χ4n) is 2.57. The van der Waals surface area contributed by atoms with Crippen molar-refractivity contribution in [1.29, 1.82) is 0 Å². The molecule has 1 saturated heterocycles. The molecule has 2 heterocycles. The van der Waals surface area contributed by atoms with E-state index in [1.165, 1.54) is 11.1 Å². The van der Waals surface area contributed by atoms with E-state index in [0.717, 1.165) is 31.7 Å². The number of hydrogen-bond acceptors (Lipinski definition) is 3. The van der Waals surface area contributed by atoms with Crippen LogP contribution >= 0.6 is 0 Å². The van der Waals surface area contributed by atoms with Gasteiger partial charge in [0.2, 0.25) is 0 Å². The van der Waals surface area contributed by atoms with Gasteiger partial charge in [-0.15, -0.1) is 0 Å². The van der Waals surface area contributed by atoms with Crippen LogP contribution in [0.2, 0.25) is 0 Å². The number of pyridine rings is 1. The molecular weight excluding hydrogens is 222 g/mol. The molecule has 1 atom stereocenters. The van der Waals surface area contributed by atoms with Crippen LogP contribution in [-0.4, -0.2) is 36.1 Å². The molecule has 1 N–H and O–H groups in total. The molecule has 94 valence electrons. The van der Waals surface area contributed by atoms with Gasteiger partial charge < -0.3 is 5.32 Å². The van der Waals surface area contributed by atoms with Crippen molar-refractivity contribution in [3.63, 3.8) is 0 Å². The summed E-state index contributed by atoms with van der Waals surface area (Å²) in [5.41, 5.74) is 2.27. The van der Waals surface area contributed by atoms with Crippen LogP contribution < -0.4 is 5.32 Å². The molecule has 3 rings (SSSR count). The zero-order valence-corrected chi connectivity index (χ0v) is 10.8. The van der Waals surface area contributed by atoms with E-state index >= 15 is 0 Å². The summed E-state index contributed by atoms with van der Waals surface area (Å²) in [5, 5.41) is 4.61. The molecule has 1 aliphatic rings. The number of aromatic nitrogens is 1. The van der Waals surface area contributed by atoms with Crippen molar-refractivity contribution < 1.29 is 0 Å². The van der Waals surface area contributed by atoms with Gasteiger partial charge in [-0.05, 0) is 19.1 Å². The standard InChI is InChI=1S/C15H19N3/c1-12(18-10-8-16-9-11-18)14-7-6-13-4-2-3-5-15(13)17-14/h2-7,12,16H,8-11H2,1H3. The maximum Gasteiger partial charge on any atom is 0.0706 e. The van der Waals surface area contributed by atoms with Crippen molar-refractivity contribution in [1.82, 2.24) is 15.2 Å². The van der Waals surface area contributed by atoms with Gasteiger partial charge in [0.25, 0.3) is 0 Å². The maximum absolute atomic E-state index is 4.79. The van der Waals surface area contributed by atoms with E-state index < -0.39 is 0 Å². The molecule has 1 aromatic heterocycles. The van der Waals surface area contributed by atoms with Gasteiger partial charge in [-0.25, -0.2) is 0 Å². The number of benzene rings is 1. The van der Waals surface area contributed by atoms with E-state index in [1.54, 1.807) is 0 Å². The number of hydrogen-bond donors (Lipinski definition) is 1. The number of fused-ring (bicyclic) bond motifs is 1. The van der Waals surface area contributed by atoms with Gasteiger partial charge in [0.1, 0.15) is 0 Å². The Labute approximate surface area is 108 Å². The molecule has 3 nitrogen and oxygen atoms in total. The summed E-state index contributed by atoms with van der Waals surface area (Å²) in [6, 6.07) is 13.0. The lowest BCUT2D eigenvalue weighted by Crippen LogP contribution is -2.44. The average molecular weight is 241 g/mol. The predicted octanol–water partition coefficient (Wildman–Crippen LogP) is 2.20. The van der Waals surface area contributed by atoms with Crippen molar-refractivity contribution in [2.45, 2.75) is 13.0 Å². The minimum Gasteiger partial charge on any atom is -0.314 e. The maximum atomic E-state index is 4.79. The van der Waals surface area contributed by atoms with Crippen molar-refractivity contribution in [2.24, 2.45) is 0 Å². The summed E-state index contributed by atoms with van der Waals surface area (Å²) in [5.74, 6) is 0. The molecule has 0 bridgehead atoms. The highest BCUT2D eigenvalue weighted by Crippen LogP contribution is 2.21. The molecule has 0 amide bonds. The molecule has 0 saturated carbocycles. The van der Waals surface area contributed by atoms with Crippen LogP contribution in [0.1, 0.15) is 18.7 Å². The average Bonchev–Trinajstić information content (AvgIpc) is 2.47. The third-order valence-corrected chi connectivity index (χ3v) is 3.75. The van der Waals surface area contributed by atoms with Gasteiger partial charge in [0.05, 0.1) is 11.2 Å². The highest BCUT2D eigenvalue weighted by molar-refractivity contribution is 5.78. The summed E-state index contributed by atoms with van der Waals surface area (Å²) in [7, 11) is 0. The Morgan fingerprint density at radius 1 is 1.11 bits per heavy atom. The van der Waals surface area contributed by atoms with Crippen LogP contribution in [0.4, 0.5) is 0 Å². The first kappa shape index (κ1) is 11.6. The Bertz CT molecular complexity index is 532. The van der Waals surface area contributed by atoms with E-state index in [-0.39, 0.29) is 0 Å². The van der Waals surface area contributed by atoms with Gasteiger partial charge in [0, 0.05) is 37.6 Å². The first-order chi connectivity index (χ1) is 8.84. The number of nitrogens with one attached hydrogen (secondary N) is 1. The van der Waals surface area contributed by atoms with Gasteiger partial charge in [-0.3, -0.25) is 9.88 Å². The zero-order chi connectivity index (χ0) is 12.4. The fourth-order valence-corrected chi connectivity index (χ4v) is 2.57. The fraction of sp³-hybridized carbons (Fsp3) is 0.400. The summed E-state index contributed by atoms with van der Waals surface area (Å²) in [6.07, 6.45) is 0. The highest BCUT2D eigenvalue weighted by atomic mass is 15.2. The second-order valence-electron chi connectivity index (χ2n) is 4.89. The largest absolute Gasteiger partial charge is 0.314 e. The normalized spacial score (nSPS) is 18.9. The van der Waals surface area contributed by atoms with Crippen molar-refractivity contribution >= 4 is 10.9 Å². The third kappa shape index (κ3) is 2.24. The van der Waals surface area contributed by atoms with E-state index in [2.05, 4.69) is 53.5 Å². The minimum absolute atomic E-state index is 0.400. The van der Waals surface area contributed by atoms with E-state index in [0.29, 0.717) is 6.04 Å². The van der Waals surface area contributed by atoms with Crippen molar-refractivity contribution in [3.8, 4) is 0 Å². The quantitative estimate of drug-likeness (QED) is 0.873. The van der Waals surface area contributed by atoms with Gasteiger partial charge >= 0.3 is 0 Å². The molecule has 1 unspecified atom stereocenters. The molecule has 2 aromatic rings. The third-order valence-electron chi connectivity index (χ3n) is 3.75. The molecule has 3 heteroatoms. The molecule has 1 aromatic carbocycles. The lowest BCUT2D eigenvalue weighted by atomic mass is 10.1. The zero-order valence-electron chi connectivity index (χ0n) is 10.8. The Morgan fingerprint density at radius 2 is 1.89 bits per heavy atom. The molecule has 18 heavy (non-hydrogen) atoms. The Balaban J connectivity index is 1.88. The van der Waals surface area contributed by atoms with Gasteiger partial charge in [-0.1, -0.05) is 24.3 Å². The summed E-state index contributed by atoms with van der Waals surface area (Å²) < 4.78 is 0. The van der Waals surface area contributed by atoms with Gasteiger partial charge in [0.15, 0.2) is 0 Å². The molecule has 1 aliphatic heterocycles. The van der Waals surface area contributed by atoms with E-state index in [4.69, 9.17) is 4.98 Å². The SMILES string of the molecule is CC(c1ccc2ccccc2n1)N1CCNCC1. The molecule has 1 fully saturated rings. The predicted molar refractivity (Wildman–Crippen MR) is 74.6 cm³/mol. The molecule has 0 radical (unpaired) electrons. The first-order valence-corrected chi connectivity index (χ1v) is 6.65. The second kappa shape index (κ2) is 5.04. The Hall–Kier alpha value is -1.45. The molecule has 0 aliphatic carbocycles. The van der Waals surface area contributed by atoms with Crippen LogP contribution in [0.15, 0.2) is 36.4 Å². The monoisotopic (exact) mass is 241 g/mol. The Kier molecular flexibility index (Phi) is 3.26. The van der Waals surface area contributed by atoms with Crippen molar-refractivity contribution in [2.75, 3.05) is 26.2 Å². The first-order valence-electron chi connectivity index (χ1n) is 6.65. The number of piperazine rings is 1. The second-order valence-corrected chi connectivity index (χ2v) is 4.89. The van der Waals surface area contributed by atoms with Crippen LogP contribution in [0.25, 0.3) is 10.9 Å². The van der Waals surface area contributed by atoms with E-state index in [1.807, 2.05) is 0 Å². The van der Waals surface area contributed by atoms with Crippen LogP contribution in [-0.2, 0) is 0 Å². The van der Waals surface area contributed by atoms with Crippen LogP contribution in [0.5, 0.6) is 0 Å². The molecular formula is C15H19N3. The summed E-state index contributed by atoms with van der Waals surface area (Å²) >= 11 is 0. The minimum atomic E-state index is 0.400. The number of nitrogens with zero attached hydrogens (tertiary/aromatic N) is 2. The number of rotatable bonds is 2.